The number of ether oxygens (including phenoxy) is 1. The SMILES string of the molecule is CCCN(Cc1ccc(F)cc1)C(=O)c1cc(C)cc(OCCCON=C(N)N)c1. The van der Waals surface area contributed by atoms with Gasteiger partial charge in [0.1, 0.15) is 18.2 Å². The number of guanidine groups is 1. The first-order valence-electron chi connectivity index (χ1n) is 9.88. The van der Waals surface area contributed by atoms with Crippen molar-refractivity contribution in [2.45, 2.75) is 33.2 Å². The number of nitrogens with two attached hydrogens (primary N) is 2. The summed E-state index contributed by atoms with van der Waals surface area (Å²) in [5, 5.41) is 3.44. The molecule has 0 unspecified atom stereocenters. The number of oxime groups is 1. The number of rotatable bonds is 11. The molecule has 7 nitrogen and oxygen atoms in total. The molecule has 1 amide bonds. The van der Waals surface area contributed by atoms with Crippen molar-refractivity contribution < 1.29 is 18.8 Å². The Hall–Kier alpha value is -3.29. The van der Waals surface area contributed by atoms with E-state index in [0.29, 0.717) is 44.0 Å². The van der Waals surface area contributed by atoms with Gasteiger partial charge in [-0.1, -0.05) is 19.1 Å². The van der Waals surface area contributed by atoms with E-state index in [0.717, 1.165) is 17.5 Å². The van der Waals surface area contributed by atoms with E-state index in [9.17, 15) is 9.18 Å². The Balaban J connectivity index is 2.03. The lowest BCUT2D eigenvalue weighted by atomic mass is 10.1. The summed E-state index contributed by atoms with van der Waals surface area (Å²) in [5.74, 6) is 0.0931. The van der Waals surface area contributed by atoms with Crippen molar-refractivity contribution in [2.75, 3.05) is 19.8 Å². The summed E-state index contributed by atoms with van der Waals surface area (Å²) in [6, 6.07) is 11.6. The third kappa shape index (κ3) is 7.62. The molecule has 0 fully saturated rings. The van der Waals surface area contributed by atoms with Gasteiger partial charge in [-0.15, -0.1) is 0 Å². The van der Waals surface area contributed by atoms with Gasteiger partial charge in [-0.05, 0) is 60.0 Å². The van der Waals surface area contributed by atoms with Gasteiger partial charge in [-0.25, -0.2) is 4.39 Å². The van der Waals surface area contributed by atoms with Gasteiger partial charge in [0.05, 0.1) is 6.61 Å². The fourth-order valence-electron chi connectivity index (χ4n) is 2.90. The number of amides is 1. The molecular formula is C22H29FN4O3. The third-order valence-corrected chi connectivity index (χ3v) is 4.18. The van der Waals surface area contributed by atoms with E-state index in [1.165, 1.54) is 12.1 Å². The van der Waals surface area contributed by atoms with Crippen molar-refractivity contribution in [3.05, 3.63) is 65.0 Å². The maximum absolute atomic E-state index is 13.2. The van der Waals surface area contributed by atoms with Crippen LogP contribution in [0.5, 0.6) is 5.75 Å². The molecule has 0 radical (unpaired) electrons. The number of carbonyl (C=O) groups excluding carboxylic acids is 1. The second-order valence-electron chi connectivity index (χ2n) is 6.94. The standard InChI is InChI=1S/C22H29FN4O3/c1-3-9-27(15-17-5-7-19(23)8-6-17)21(28)18-12-16(2)13-20(14-18)29-10-4-11-30-26-22(24)25/h5-8,12-14H,3-4,9-11,15H2,1-2H3,(H4,24,25,26). The summed E-state index contributed by atoms with van der Waals surface area (Å²) in [4.78, 5) is 19.8. The molecule has 0 bridgehead atoms. The molecule has 0 aliphatic rings. The van der Waals surface area contributed by atoms with Crippen molar-refractivity contribution in [3.8, 4) is 5.75 Å². The van der Waals surface area contributed by atoms with Crippen molar-refractivity contribution >= 4 is 11.9 Å². The molecule has 0 saturated carbocycles. The minimum Gasteiger partial charge on any atom is -0.493 e. The zero-order valence-corrected chi connectivity index (χ0v) is 17.4. The molecule has 0 spiro atoms. The van der Waals surface area contributed by atoms with E-state index < -0.39 is 0 Å². The number of carbonyl (C=O) groups is 1. The second-order valence-corrected chi connectivity index (χ2v) is 6.94. The molecule has 8 heteroatoms. The van der Waals surface area contributed by atoms with E-state index in [-0.39, 0.29) is 17.7 Å². The minimum absolute atomic E-state index is 0.0918. The fraction of sp³-hybridized carbons (Fsp3) is 0.364. The van der Waals surface area contributed by atoms with Crippen LogP contribution < -0.4 is 16.2 Å². The predicted octanol–water partition coefficient (Wildman–Crippen LogP) is 3.16. The number of nitrogens with zero attached hydrogens (tertiary/aromatic N) is 2. The zero-order chi connectivity index (χ0) is 21.9. The van der Waals surface area contributed by atoms with Gasteiger partial charge in [-0.2, -0.15) is 0 Å². The van der Waals surface area contributed by atoms with Crippen molar-refractivity contribution in [2.24, 2.45) is 16.6 Å². The van der Waals surface area contributed by atoms with Crippen LogP contribution in [0, 0.1) is 12.7 Å². The average molecular weight is 416 g/mol. The van der Waals surface area contributed by atoms with E-state index >= 15 is 0 Å². The summed E-state index contributed by atoms with van der Waals surface area (Å²) in [6.45, 7) is 5.65. The Kier molecular flexibility index (Phi) is 8.93. The Morgan fingerprint density at radius 2 is 1.87 bits per heavy atom. The van der Waals surface area contributed by atoms with E-state index in [4.69, 9.17) is 21.0 Å². The average Bonchev–Trinajstić information content (AvgIpc) is 2.70. The number of benzene rings is 2. The zero-order valence-electron chi connectivity index (χ0n) is 17.4. The Morgan fingerprint density at radius 3 is 2.53 bits per heavy atom. The van der Waals surface area contributed by atoms with Crippen LogP contribution >= 0.6 is 0 Å². The summed E-state index contributed by atoms with van der Waals surface area (Å²) in [7, 11) is 0. The molecular weight excluding hydrogens is 387 g/mol. The van der Waals surface area contributed by atoms with Crippen LogP contribution in [0.25, 0.3) is 0 Å². The van der Waals surface area contributed by atoms with Crippen LogP contribution in [0.4, 0.5) is 4.39 Å². The molecule has 0 aliphatic heterocycles. The van der Waals surface area contributed by atoms with Gasteiger partial charge >= 0.3 is 0 Å². The van der Waals surface area contributed by atoms with Gasteiger partial charge in [0.15, 0.2) is 0 Å². The number of hydrogen-bond donors (Lipinski definition) is 2. The smallest absolute Gasteiger partial charge is 0.254 e. The van der Waals surface area contributed by atoms with Gasteiger partial charge in [0, 0.05) is 25.1 Å². The Labute approximate surface area is 176 Å². The first kappa shape index (κ1) is 23.0. The summed E-state index contributed by atoms with van der Waals surface area (Å²) in [5.41, 5.74) is 12.7. The monoisotopic (exact) mass is 416 g/mol. The lowest BCUT2D eigenvalue weighted by Gasteiger charge is -2.23. The summed E-state index contributed by atoms with van der Waals surface area (Å²) >= 11 is 0. The quantitative estimate of drug-likeness (QED) is 0.253. The molecule has 0 aliphatic carbocycles. The largest absolute Gasteiger partial charge is 0.493 e. The number of halogens is 1. The van der Waals surface area contributed by atoms with Crippen molar-refractivity contribution in [3.63, 3.8) is 0 Å². The van der Waals surface area contributed by atoms with E-state index in [1.807, 2.05) is 26.0 Å². The van der Waals surface area contributed by atoms with Crippen LogP contribution in [-0.4, -0.2) is 36.5 Å². The predicted molar refractivity (Wildman–Crippen MR) is 114 cm³/mol. The molecule has 0 aromatic heterocycles. The first-order chi connectivity index (χ1) is 14.4. The highest BCUT2D eigenvalue weighted by molar-refractivity contribution is 5.94. The molecule has 30 heavy (non-hydrogen) atoms. The first-order valence-corrected chi connectivity index (χ1v) is 9.88. The fourth-order valence-corrected chi connectivity index (χ4v) is 2.90. The maximum atomic E-state index is 13.2. The van der Waals surface area contributed by atoms with Gasteiger partial charge in [0.25, 0.3) is 5.91 Å². The molecule has 2 rings (SSSR count). The van der Waals surface area contributed by atoms with Crippen LogP contribution in [0.2, 0.25) is 0 Å². The normalized spacial score (nSPS) is 10.4. The van der Waals surface area contributed by atoms with Gasteiger partial charge in [0.2, 0.25) is 5.96 Å². The number of aryl methyl sites for hydroxylation is 1. The molecule has 2 aromatic rings. The lowest BCUT2D eigenvalue weighted by Crippen LogP contribution is -2.31. The lowest BCUT2D eigenvalue weighted by molar-refractivity contribution is 0.0742. The molecule has 0 saturated heterocycles. The highest BCUT2D eigenvalue weighted by Gasteiger charge is 2.17. The summed E-state index contributed by atoms with van der Waals surface area (Å²) < 4.78 is 18.9. The van der Waals surface area contributed by atoms with Crippen LogP contribution in [0.15, 0.2) is 47.6 Å². The van der Waals surface area contributed by atoms with Crippen LogP contribution in [-0.2, 0) is 11.4 Å². The van der Waals surface area contributed by atoms with Crippen molar-refractivity contribution in [1.82, 2.24) is 4.90 Å². The van der Waals surface area contributed by atoms with Gasteiger partial charge < -0.3 is 25.9 Å². The summed E-state index contributed by atoms with van der Waals surface area (Å²) in [6.07, 6.45) is 1.40. The molecule has 2 aromatic carbocycles. The van der Waals surface area contributed by atoms with Crippen LogP contribution in [0.1, 0.15) is 41.3 Å². The highest BCUT2D eigenvalue weighted by atomic mass is 19.1. The van der Waals surface area contributed by atoms with E-state index in [1.54, 1.807) is 23.1 Å². The third-order valence-electron chi connectivity index (χ3n) is 4.18. The maximum Gasteiger partial charge on any atom is 0.254 e. The van der Waals surface area contributed by atoms with Crippen molar-refractivity contribution in [1.29, 1.82) is 0 Å². The molecule has 162 valence electrons. The molecule has 4 N–H and O–H groups in total. The molecule has 0 heterocycles. The second kappa shape index (κ2) is 11.6. The Bertz CT molecular complexity index is 852. The van der Waals surface area contributed by atoms with Gasteiger partial charge in [-0.3, -0.25) is 4.79 Å². The minimum atomic E-state index is -0.295. The highest BCUT2D eigenvalue weighted by Crippen LogP contribution is 2.20. The van der Waals surface area contributed by atoms with Crippen LogP contribution in [0.3, 0.4) is 0 Å². The topological polar surface area (TPSA) is 103 Å². The molecule has 0 atom stereocenters. The Morgan fingerprint density at radius 1 is 1.13 bits per heavy atom. The number of hydrogen-bond acceptors (Lipinski definition) is 4. The van der Waals surface area contributed by atoms with E-state index in [2.05, 4.69) is 5.16 Å².